The van der Waals surface area contributed by atoms with E-state index in [2.05, 4.69) is 15.7 Å². The fourth-order valence-corrected chi connectivity index (χ4v) is 3.00. The lowest BCUT2D eigenvalue weighted by molar-refractivity contribution is -0.00177. The Kier molecular flexibility index (Phi) is 6.07. The molecule has 1 amide bonds. The normalized spacial score (nSPS) is 12.9. The number of benzene rings is 1. The molecule has 1 unspecified atom stereocenters. The smallest absolute Gasteiger partial charge is 0.255 e. The van der Waals surface area contributed by atoms with E-state index in [0.29, 0.717) is 11.2 Å². The van der Waals surface area contributed by atoms with Crippen LogP contribution in [-0.2, 0) is 0 Å². The Morgan fingerprint density at radius 3 is 2.50 bits per heavy atom. The van der Waals surface area contributed by atoms with Crippen LogP contribution in [0, 0.1) is 5.82 Å². The Morgan fingerprint density at radius 2 is 1.90 bits per heavy atom. The molecule has 6 nitrogen and oxygen atoms in total. The lowest BCUT2D eigenvalue weighted by Gasteiger charge is -2.23. The molecule has 0 fully saturated rings. The third-order valence-electron chi connectivity index (χ3n) is 4.70. The van der Waals surface area contributed by atoms with Crippen molar-refractivity contribution in [3.63, 3.8) is 0 Å². The summed E-state index contributed by atoms with van der Waals surface area (Å²) in [7, 11) is 0. The Balaban J connectivity index is 1.98. The Labute approximate surface area is 173 Å². The molecule has 3 rings (SSSR count). The van der Waals surface area contributed by atoms with Gasteiger partial charge in [0, 0.05) is 17.8 Å². The molecule has 3 aromatic rings. The maximum absolute atomic E-state index is 14.0. The van der Waals surface area contributed by atoms with Gasteiger partial charge in [-0.1, -0.05) is 12.1 Å². The van der Waals surface area contributed by atoms with E-state index < -0.39 is 17.7 Å². The molecule has 0 saturated carbocycles. The van der Waals surface area contributed by atoms with Crippen molar-refractivity contribution in [3.05, 3.63) is 54.1 Å². The number of nitrogens with one attached hydrogen (secondary N) is 2. The number of halogens is 2. The van der Waals surface area contributed by atoms with Gasteiger partial charge in [-0.2, -0.15) is 5.10 Å². The summed E-state index contributed by atoms with van der Waals surface area (Å²) in [6.07, 6.45) is 1.60. The van der Waals surface area contributed by atoms with E-state index >= 15 is 0 Å². The van der Waals surface area contributed by atoms with Gasteiger partial charge in [-0.3, -0.25) is 4.79 Å². The second-order valence-corrected chi connectivity index (χ2v) is 8.13. The number of carbonyl (C=O) groups excluding carboxylic acids is 1. The lowest BCUT2D eigenvalue weighted by atomic mass is 10.0. The summed E-state index contributed by atoms with van der Waals surface area (Å²) in [5.74, 6) is -0.816. The van der Waals surface area contributed by atoms with Crippen molar-refractivity contribution in [3.8, 4) is 11.1 Å². The molecule has 0 aliphatic heterocycles. The first-order valence-corrected chi connectivity index (χ1v) is 9.74. The number of hydrogen-bond donors (Lipinski definition) is 3. The highest BCUT2D eigenvalue weighted by atomic mass is 19.1. The topological polar surface area (TPSA) is 78.7 Å². The summed E-state index contributed by atoms with van der Waals surface area (Å²) in [6, 6.07) is 7.99. The molecule has 2 aromatic heterocycles. The molecule has 30 heavy (non-hydrogen) atoms. The average Bonchev–Trinajstić information content (AvgIpc) is 3.10. The Hall–Kier alpha value is -3.00. The zero-order valence-electron chi connectivity index (χ0n) is 17.4. The molecule has 160 valence electrons. The quantitative estimate of drug-likeness (QED) is 0.548. The fraction of sp³-hybridized carbons (Fsp3) is 0.364. The Morgan fingerprint density at radius 1 is 1.23 bits per heavy atom. The number of fused-ring (bicyclic) bond motifs is 1. The number of carbonyl (C=O) groups is 1. The summed E-state index contributed by atoms with van der Waals surface area (Å²) < 4.78 is 28.9. The average molecular weight is 416 g/mol. The highest BCUT2D eigenvalue weighted by Gasteiger charge is 2.27. The van der Waals surface area contributed by atoms with Crippen molar-refractivity contribution >= 4 is 17.1 Å². The van der Waals surface area contributed by atoms with Gasteiger partial charge in [-0.15, -0.1) is 0 Å². The van der Waals surface area contributed by atoms with Crippen LogP contribution in [0.25, 0.3) is 16.6 Å². The molecule has 2 heterocycles. The number of rotatable bonds is 7. The molecule has 0 aliphatic carbocycles. The molecule has 0 spiro atoms. The molecule has 1 aromatic carbocycles. The predicted octanol–water partition coefficient (Wildman–Crippen LogP) is 3.80. The van der Waals surface area contributed by atoms with Gasteiger partial charge in [0.25, 0.3) is 5.91 Å². The summed E-state index contributed by atoms with van der Waals surface area (Å²) in [5.41, 5.74) is 1.56. The van der Waals surface area contributed by atoms with Crippen LogP contribution < -0.4 is 10.6 Å². The van der Waals surface area contributed by atoms with Crippen molar-refractivity contribution < 1.29 is 18.7 Å². The fourth-order valence-electron chi connectivity index (χ4n) is 3.00. The first kappa shape index (κ1) is 21.7. The summed E-state index contributed by atoms with van der Waals surface area (Å²) in [5, 5.41) is 19.8. The monoisotopic (exact) mass is 416 g/mol. The van der Waals surface area contributed by atoms with Crippen LogP contribution in [0.2, 0.25) is 0 Å². The number of aromatic nitrogens is 2. The lowest BCUT2D eigenvalue weighted by Crippen LogP contribution is -2.42. The van der Waals surface area contributed by atoms with Crippen molar-refractivity contribution in [2.24, 2.45) is 0 Å². The van der Waals surface area contributed by atoms with Gasteiger partial charge in [0.1, 0.15) is 12.0 Å². The van der Waals surface area contributed by atoms with Gasteiger partial charge in [0.15, 0.2) is 0 Å². The van der Waals surface area contributed by atoms with Gasteiger partial charge >= 0.3 is 0 Å². The van der Waals surface area contributed by atoms with E-state index in [1.54, 1.807) is 22.8 Å². The van der Waals surface area contributed by atoms with Crippen molar-refractivity contribution in [1.82, 2.24) is 14.9 Å². The van der Waals surface area contributed by atoms with Crippen molar-refractivity contribution in [2.45, 2.75) is 45.5 Å². The number of anilines is 1. The molecule has 3 N–H and O–H groups in total. The van der Waals surface area contributed by atoms with Gasteiger partial charge in [-0.05, 0) is 51.5 Å². The van der Waals surface area contributed by atoms with Gasteiger partial charge < -0.3 is 15.7 Å². The van der Waals surface area contributed by atoms with Crippen LogP contribution in [0.1, 0.15) is 38.1 Å². The Bertz CT molecular complexity index is 1040. The van der Waals surface area contributed by atoms with E-state index in [9.17, 15) is 18.7 Å². The second kappa shape index (κ2) is 8.39. The largest absolute Gasteiger partial charge is 0.387 e. The maximum atomic E-state index is 14.0. The van der Waals surface area contributed by atoms with Crippen LogP contribution in [0.4, 0.5) is 14.5 Å². The number of nitrogens with zero attached hydrogens (tertiary/aromatic N) is 2. The van der Waals surface area contributed by atoms with Crippen LogP contribution in [0.5, 0.6) is 0 Å². The predicted molar refractivity (Wildman–Crippen MR) is 113 cm³/mol. The SMILES string of the molecule is CC(C)Nc1c(C(=O)NCC(F)C(C)(C)O)cnn2cc(-c3ccc(F)cc3)cc12. The van der Waals surface area contributed by atoms with Crippen LogP contribution in [-0.4, -0.2) is 45.0 Å². The van der Waals surface area contributed by atoms with Gasteiger partial charge in [0.2, 0.25) is 0 Å². The molecule has 8 heteroatoms. The minimum Gasteiger partial charge on any atom is -0.387 e. The van der Waals surface area contributed by atoms with E-state index in [0.717, 1.165) is 11.1 Å². The van der Waals surface area contributed by atoms with Crippen molar-refractivity contribution in [2.75, 3.05) is 11.9 Å². The van der Waals surface area contributed by atoms with Crippen LogP contribution >= 0.6 is 0 Å². The molecular weight excluding hydrogens is 390 g/mol. The molecule has 0 radical (unpaired) electrons. The summed E-state index contributed by atoms with van der Waals surface area (Å²) >= 11 is 0. The first-order valence-electron chi connectivity index (χ1n) is 9.74. The zero-order chi connectivity index (χ0) is 22.1. The molecule has 0 aliphatic rings. The number of alkyl halides is 1. The number of aliphatic hydroxyl groups is 1. The first-order chi connectivity index (χ1) is 14.1. The van der Waals surface area contributed by atoms with Crippen LogP contribution in [0.15, 0.2) is 42.7 Å². The van der Waals surface area contributed by atoms with Crippen LogP contribution in [0.3, 0.4) is 0 Å². The summed E-state index contributed by atoms with van der Waals surface area (Å²) in [4.78, 5) is 12.7. The standard InChI is InChI=1S/C22H26F2N4O2/c1-13(2)27-20-17(21(29)25-11-19(24)22(3,4)30)10-26-28-12-15(9-18(20)28)14-5-7-16(23)8-6-14/h5-10,12-13,19,27,30H,11H2,1-4H3,(H,25,29). The number of amides is 1. The van der Waals surface area contributed by atoms with E-state index in [1.165, 1.54) is 32.2 Å². The molecular formula is C22H26F2N4O2. The zero-order valence-corrected chi connectivity index (χ0v) is 17.4. The van der Waals surface area contributed by atoms with E-state index in [4.69, 9.17) is 0 Å². The molecule has 1 atom stereocenters. The highest BCUT2D eigenvalue weighted by Crippen LogP contribution is 2.29. The number of hydrogen-bond acceptors (Lipinski definition) is 4. The maximum Gasteiger partial charge on any atom is 0.255 e. The van der Waals surface area contributed by atoms with Gasteiger partial charge in [-0.25, -0.2) is 13.3 Å². The highest BCUT2D eigenvalue weighted by molar-refractivity contribution is 6.03. The minimum atomic E-state index is -1.61. The minimum absolute atomic E-state index is 0.0252. The summed E-state index contributed by atoms with van der Waals surface area (Å²) in [6.45, 7) is 6.25. The molecule has 0 bridgehead atoms. The third-order valence-corrected chi connectivity index (χ3v) is 4.70. The second-order valence-electron chi connectivity index (χ2n) is 8.13. The molecule has 0 saturated heterocycles. The van der Waals surface area contributed by atoms with E-state index in [1.807, 2.05) is 19.9 Å². The third kappa shape index (κ3) is 4.76. The van der Waals surface area contributed by atoms with Gasteiger partial charge in [0.05, 0.1) is 35.1 Å². The van der Waals surface area contributed by atoms with Crippen molar-refractivity contribution in [1.29, 1.82) is 0 Å². The van der Waals surface area contributed by atoms with E-state index in [-0.39, 0.29) is 24.0 Å².